The standard InChI is InChI=1S/C16H19ClO2/c17-14-5-2-1-4-12(14)10-15(18)13-6-9-19-16(11-13)7-3-8-16/h1-2,4-5,13H,3,6-11H2. The number of ketones is 1. The third-order valence-corrected chi connectivity index (χ3v) is 4.90. The molecule has 0 amide bonds. The van der Waals surface area contributed by atoms with Gasteiger partial charge in [0.1, 0.15) is 5.78 Å². The van der Waals surface area contributed by atoms with Crippen LogP contribution >= 0.6 is 11.6 Å². The first-order chi connectivity index (χ1) is 9.19. The lowest BCUT2D eigenvalue weighted by molar-refractivity contribution is -0.155. The Hall–Kier alpha value is -0.860. The molecule has 1 heterocycles. The van der Waals surface area contributed by atoms with E-state index in [1.54, 1.807) is 0 Å². The smallest absolute Gasteiger partial charge is 0.140 e. The molecule has 1 unspecified atom stereocenters. The molecule has 2 aliphatic rings. The predicted molar refractivity (Wildman–Crippen MR) is 75.4 cm³/mol. The first-order valence-corrected chi connectivity index (χ1v) is 7.46. The van der Waals surface area contributed by atoms with Gasteiger partial charge < -0.3 is 4.74 Å². The number of rotatable bonds is 3. The van der Waals surface area contributed by atoms with E-state index in [-0.39, 0.29) is 11.5 Å². The van der Waals surface area contributed by atoms with E-state index in [0.29, 0.717) is 17.2 Å². The predicted octanol–water partition coefficient (Wildman–Crippen LogP) is 3.80. The van der Waals surface area contributed by atoms with Crippen molar-refractivity contribution < 1.29 is 9.53 Å². The zero-order chi connectivity index (χ0) is 13.3. The topological polar surface area (TPSA) is 26.3 Å². The summed E-state index contributed by atoms with van der Waals surface area (Å²) in [6.45, 7) is 0.735. The van der Waals surface area contributed by atoms with Crippen LogP contribution in [0.15, 0.2) is 24.3 Å². The number of ether oxygens (including phenoxy) is 1. The van der Waals surface area contributed by atoms with Gasteiger partial charge in [0.2, 0.25) is 0 Å². The van der Waals surface area contributed by atoms with Crippen LogP contribution in [-0.4, -0.2) is 18.0 Å². The number of Topliss-reactive ketones (excluding diaryl/α,β-unsaturated/α-hetero) is 1. The lowest BCUT2D eigenvalue weighted by Gasteiger charge is -2.46. The van der Waals surface area contributed by atoms with Crippen molar-refractivity contribution in [1.82, 2.24) is 0 Å². The third-order valence-electron chi connectivity index (χ3n) is 4.54. The van der Waals surface area contributed by atoms with Crippen LogP contribution in [0.5, 0.6) is 0 Å². The van der Waals surface area contributed by atoms with Gasteiger partial charge in [0.05, 0.1) is 5.60 Å². The molecule has 1 saturated heterocycles. The summed E-state index contributed by atoms with van der Waals surface area (Å²) in [5.74, 6) is 0.480. The van der Waals surface area contributed by atoms with Gasteiger partial charge in [-0.05, 0) is 43.7 Å². The fourth-order valence-corrected chi connectivity index (χ4v) is 3.40. The maximum absolute atomic E-state index is 12.4. The van der Waals surface area contributed by atoms with Gasteiger partial charge in [-0.1, -0.05) is 29.8 Å². The number of carbonyl (C=O) groups excluding carboxylic acids is 1. The summed E-state index contributed by atoms with van der Waals surface area (Å²) in [4.78, 5) is 12.4. The molecule has 0 N–H and O–H groups in total. The van der Waals surface area contributed by atoms with Crippen molar-refractivity contribution in [3.05, 3.63) is 34.9 Å². The van der Waals surface area contributed by atoms with E-state index in [1.165, 1.54) is 6.42 Å². The first kappa shape index (κ1) is 13.1. The molecule has 3 heteroatoms. The van der Waals surface area contributed by atoms with Gasteiger partial charge >= 0.3 is 0 Å². The minimum atomic E-state index is 0.0407. The highest BCUT2D eigenvalue weighted by molar-refractivity contribution is 6.31. The summed E-state index contributed by atoms with van der Waals surface area (Å²) in [7, 11) is 0. The Morgan fingerprint density at radius 3 is 2.84 bits per heavy atom. The van der Waals surface area contributed by atoms with Crippen LogP contribution in [0, 0.1) is 5.92 Å². The zero-order valence-electron chi connectivity index (χ0n) is 11.0. The molecule has 0 radical (unpaired) electrons. The van der Waals surface area contributed by atoms with Crippen LogP contribution in [0.3, 0.4) is 0 Å². The van der Waals surface area contributed by atoms with Crippen LogP contribution < -0.4 is 0 Å². The highest BCUT2D eigenvalue weighted by Crippen LogP contribution is 2.44. The van der Waals surface area contributed by atoms with E-state index in [1.807, 2.05) is 24.3 Å². The highest BCUT2D eigenvalue weighted by Gasteiger charge is 2.44. The fourth-order valence-electron chi connectivity index (χ4n) is 3.20. The van der Waals surface area contributed by atoms with Gasteiger partial charge in [0.25, 0.3) is 0 Å². The summed E-state index contributed by atoms with van der Waals surface area (Å²) < 4.78 is 5.88. The van der Waals surface area contributed by atoms with E-state index < -0.39 is 0 Å². The molecule has 1 aliphatic carbocycles. The third kappa shape index (κ3) is 2.70. The highest BCUT2D eigenvalue weighted by atomic mass is 35.5. The van der Waals surface area contributed by atoms with Crippen LogP contribution in [0.1, 0.15) is 37.7 Å². The van der Waals surface area contributed by atoms with Gasteiger partial charge in [-0.2, -0.15) is 0 Å². The number of hydrogen-bond acceptors (Lipinski definition) is 2. The summed E-state index contributed by atoms with van der Waals surface area (Å²) in [5.41, 5.74) is 0.988. The lowest BCUT2D eigenvalue weighted by Crippen LogP contribution is -2.47. The molecule has 1 aliphatic heterocycles. The summed E-state index contributed by atoms with van der Waals surface area (Å²) in [6, 6.07) is 7.63. The van der Waals surface area contributed by atoms with Crippen molar-refractivity contribution in [1.29, 1.82) is 0 Å². The largest absolute Gasteiger partial charge is 0.375 e. The monoisotopic (exact) mass is 278 g/mol. The minimum Gasteiger partial charge on any atom is -0.375 e. The zero-order valence-corrected chi connectivity index (χ0v) is 11.8. The Morgan fingerprint density at radius 1 is 1.37 bits per heavy atom. The molecule has 1 saturated carbocycles. The summed E-state index contributed by atoms with van der Waals surface area (Å²) in [5, 5.41) is 0.696. The second kappa shape index (κ2) is 5.26. The molecule has 2 nitrogen and oxygen atoms in total. The summed E-state index contributed by atoms with van der Waals surface area (Å²) >= 11 is 6.12. The van der Waals surface area contributed by atoms with Gasteiger partial charge in [0.15, 0.2) is 0 Å². The molecule has 19 heavy (non-hydrogen) atoms. The van der Waals surface area contributed by atoms with E-state index in [4.69, 9.17) is 16.3 Å². The fraction of sp³-hybridized carbons (Fsp3) is 0.562. The Labute approximate surface area is 119 Å². The average Bonchev–Trinajstić information content (AvgIpc) is 2.40. The second-order valence-electron chi connectivity index (χ2n) is 5.81. The van der Waals surface area contributed by atoms with Crippen molar-refractivity contribution in [2.24, 2.45) is 5.92 Å². The number of hydrogen-bond donors (Lipinski definition) is 0. The molecule has 0 bridgehead atoms. The minimum absolute atomic E-state index is 0.0407. The maximum atomic E-state index is 12.4. The average molecular weight is 279 g/mol. The quantitative estimate of drug-likeness (QED) is 0.841. The van der Waals surface area contributed by atoms with E-state index in [2.05, 4.69) is 0 Å². The van der Waals surface area contributed by atoms with Gasteiger partial charge in [-0.25, -0.2) is 0 Å². The number of carbonyl (C=O) groups is 1. The first-order valence-electron chi connectivity index (χ1n) is 7.09. The van der Waals surface area contributed by atoms with Gasteiger partial charge in [0, 0.05) is 24.0 Å². The van der Waals surface area contributed by atoms with Crippen molar-refractivity contribution in [3.8, 4) is 0 Å². The number of benzene rings is 1. The van der Waals surface area contributed by atoms with Crippen LogP contribution in [-0.2, 0) is 16.0 Å². The van der Waals surface area contributed by atoms with Crippen LogP contribution in [0.4, 0.5) is 0 Å². The Kier molecular flexibility index (Phi) is 3.64. The summed E-state index contributed by atoms with van der Waals surface area (Å²) in [6.07, 6.45) is 5.74. The Morgan fingerprint density at radius 2 is 2.16 bits per heavy atom. The molecule has 3 rings (SSSR count). The SMILES string of the molecule is O=C(Cc1ccccc1Cl)C1CCOC2(CCC2)C1. The van der Waals surface area contributed by atoms with Gasteiger partial charge in [-0.3, -0.25) is 4.79 Å². The maximum Gasteiger partial charge on any atom is 0.140 e. The molecular formula is C16H19ClO2. The molecule has 1 spiro atoms. The molecule has 1 aromatic carbocycles. The van der Waals surface area contributed by atoms with E-state index >= 15 is 0 Å². The van der Waals surface area contributed by atoms with Crippen molar-refractivity contribution >= 4 is 17.4 Å². The van der Waals surface area contributed by atoms with Gasteiger partial charge in [-0.15, -0.1) is 0 Å². The van der Waals surface area contributed by atoms with E-state index in [9.17, 15) is 4.79 Å². The van der Waals surface area contributed by atoms with E-state index in [0.717, 1.165) is 37.9 Å². The molecule has 102 valence electrons. The normalized spacial score (nSPS) is 25.0. The number of halogens is 1. The lowest BCUT2D eigenvalue weighted by atomic mass is 9.71. The second-order valence-corrected chi connectivity index (χ2v) is 6.22. The molecular weight excluding hydrogens is 260 g/mol. The van der Waals surface area contributed by atoms with Crippen molar-refractivity contribution in [2.45, 2.75) is 44.1 Å². The van der Waals surface area contributed by atoms with Crippen molar-refractivity contribution in [2.75, 3.05) is 6.61 Å². The molecule has 2 fully saturated rings. The van der Waals surface area contributed by atoms with Crippen LogP contribution in [0.2, 0.25) is 5.02 Å². The Bertz CT molecular complexity index is 479. The van der Waals surface area contributed by atoms with Crippen molar-refractivity contribution in [3.63, 3.8) is 0 Å². The van der Waals surface area contributed by atoms with Crippen LogP contribution in [0.25, 0.3) is 0 Å². The Balaban J connectivity index is 1.65. The molecule has 1 aromatic rings. The molecule has 1 atom stereocenters. The molecule has 0 aromatic heterocycles.